The molecule has 6 rings (SSSR count). The second kappa shape index (κ2) is 19.0. The molecule has 3 N–H and O–H groups in total. The molecule has 16 atom stereocenters. The van der Waals surface area contributed by atoms with Gasteiger partial charge in [-0.1, -0.05) is 70.6 Å². The molecule has 0 radical (unpaired) electrons. The topological polar surface area (TPSA) is 161 Å². The molecule has 1 aliphatic carbocycles. The smallest absolute Gasteiger partial charge is 0.316 e. The normalized spacial score (nSPS) is 45.6. The van der Waals surface area contributed by atoms with E-state index in [0.29, 0.717) is 36.8 Å². The molecule has 1 spiro atoms. The quantitative estimate of drug-likeness (QED) is 0.119. The molecule has 3 saturated heterocycles. The Morgan fingerprint density at radius 3 is 2.58 bits per heavy atom. The van der Waals surface area contributed by atoms with E-state index in [9.17, 15) is 15.0 Å². The first-order valence-electron chi connectivity index (χ1n) is 20.9. The number of esters is 1. The van der Waals surface area contributed by atoms with Crippen LogP contribution in [0.25, 0.3) is 0 Å². The van der Waals surface area contributed by atoms with E-state index >= 15 is 0 Å². The number of carbonyl (C=O) groups excluding carboxylic acids is 1. The molecular formula is C44H66O13. The molecule has 57 heavy (non-hydrogen) atoms. The number of hydrogen-bond donors (Lipinski definition) is 3. The molecule has 0 saturated carbocycles. The molecule has 5 heterocycles. The number of rotatable bonds is 10. The lowest BCUT2D eigenvalue weighted by Gasteiger charge is -2.48. The van der Waals surface area contributed by atoms with Crippen molar-refractivity contribution in [3.63, 3.8) is 0 Å². The third-order valence-electron chi connectivity index (χ3n) is 12.8. The summed E-state index contributed by atoms with van der Waals surface area (Å²) in [5.74, 6) is -2.50. The van der Waals surface area contributed by atoms with Crippen LogP contribution in [0.4, 0.5) is 0 Å². The number of fused-ring (bicyclic) bond motifs is 2. The van der Waals surface area contributed by atoms with Crippen LogP contribution in [0, 0.1) is 23.7 Å². The maximum atomic E-state index is 14.3. The maximum absolute atomic E-state index is 14.3. The minimum absolute atomic E-state index is 0.00531. The van der Waals surface area contributed by atoms with Gasteiger partial charge in [-0.2, -0.15) is 0 Å². The molecular weight excluding hydrogens is 736 g/mol. The third kappa shape index (κ3) is 9.55. The van der Waals surface area contributed by atoms with Crippen molar-refractivity contribution in [2.45, 2.75) is 153 Å². The summed E-state index contributed by atoms with van der Waals surface area (Å²) in [7, 11) is 1.64. The molecule has 2 bridgehead atoms. The Morgan fingerprint density at radius 1 is 1.05 bits per heavy atom. The Hall–Kier alpha value is -2.27. The number of methoxy groups -OCH3 is 1. The van der Waals surface area contributed by atoms with Gasteiger partial charge in [-0.15, -0.1) is 0 Å². The summed E-state index contributed by atoms with van der Waals surface area (Å²) >= 11 is 0. The van der Waals surface area contributed by atoms with Gasteiger partial charge in [0.25, 0.3) is 0 Å². The van der Waals surface area contributed by atoms with Crippen LogP contribution in [0.3, 0.4) is 0 Å². The summed E-state index contributed by atoms with van der Waals surface area (Å²) in [6.07, 6.45) is 10.8. The highest BCUT2D eigenvalue weighted by molar-refractivity contribution is 5.78. The number of hydrogen-bond acceptors (Lipinski definition) is 13. The van der Waals surface area contributed by atoms with E-state index < -0.39 is 60.1 Å². The van der Waals surface area contributed by atoms with Crippen molar-refractivity contribution >= 4 is 5.97 Å². The van der Waals surface area contributed by atoms with E-state index in [-0.39, 0.29) is 68.8 Å². The summed E-state index contributed by atoms with van der Waals surface area (Å²) in [5.41, 5.74) is 0.162. The number of aliphatic hydroxyl groups excluding tert-OH is 2. The van der Waals surface area contributed by atoms with Gasteiger partial charge in [-0.05, 0) is 55.9 Å². The SMILES string of the molecule is CCC(C)[C@H]1O[C@]2(C=C[C@@H]1C)C[C@@H]1C[C@@H](C/C=C(\C)[C@@H](OC3C[C@H](OC)[C@@H](OCOCCO)[C@H](C)O3)C(C)/C=C/C=C3\CO[C@@H]4[C@H](O)C(C)=C[C@@H](C(=O)O1)[C@]34O)O2. The van der Waals surface area contributed by atoms with Gasteiger partial charge in [-0.25, -0.2) is 0 Å². The van der Waals surface area contributed by atoms with E-state index in [1.54, 1.807) is 26.2 Å². The summed E-state index contributed by atoms with van der Waals surface area (Å²) in [5, 5.41) is 32.7. The molecule has 5 aliphatic heterocycles. The predicted octanol–water partition coefficient (Wildman–Crippen LogP) is 4.83. The summed E-state index contributed by atoms with van der Waals surface area (Å²) in [6, 6.07) is 0. The number of allylic oxidation sites excluding steroid dienone is 2. The van der Waals surface area contributed by atoms with Crippen LogP contribution in [-0.2, 0) is 47.4 Å². The number of carbonyl (C=O) groups is 1. The van der Waals surface area contributed by atoms with E-state index in [1.807, 2.05) is 32.1 Å². The Labute approximate surface area is 338 Å². The van der Waals surface area contributed by atoms with E-state index in [2.05, 4.69) is 39.8 Å². The lowest BCUT2D eigenvalue weighted by molar-refractivity contribution is -0.300. The fourth-order valence-electron chi connectivity index (χ4n) is 9.35. The average molecular weight is 803 g/mol. The first-order chi connectivity index (χ1) is 27.2. The zero-order valence-electron chi connectivity index (χ0n) is 34.9. The number of ether oxygens (including phenoxy) is 9. The standard InChI is InChI=1S/C44H66O13/c1-9-25(2)39-28(5)15-16-43(57-39)22-33-20-32(56-43)14-13-27(4)38(55-36-21-35(49-8)40(30(7)53-36)52-24-50-18-17-45)26(3)11-10-12-31-23-51-41-37(46)29(6)19-34(42(47)54-33)44(31,41)48/h10-13,15-16,19,25-26,28,30,32-41,45-46,48H,9,14,17-18,20-24H2,1-8H3/b11-10+,27-13+,31-12+/t25?,26?,28-,30-,32+,33-,34-,35-,36?,37+,38-,39+,40-,41+,43+,44+/m0/s1. The van der Waals surface area contributed by atoms with Crippen LogP contribution in [-0.4, -0.2) is 128 Å². The van der Waals surface area contributed by atoms with E-state index in [1.165, 1.54) is 0 Å². The fraction of sp³-hybridized carbons (Fsp3) is 0.750. The van der Waals surface area contributed by atoms with Gasteiger partial charge >= 0.3 is 5.97 Å². The van der Waals surface area contributed by atoms with Crippen LogP contribution in [0.1, 0.15) is 80.6 Å². The first kappa shape index (κ1) is 44.3. The molecule has 320 valence electrons. The van der Waals surface area contributed by atoms with Crippen LogP contribution in [0.5, 0.6) is 0 Å². The van der Waals surface area contributed by atoms with Crippen molar-refractivity contribution in [2.24, 2.45) is 23.7 Å². The average Bonchev–Trinajstić information content (AvgIpc) is 3.53. The minimum Gasteiger partial charge on any atom is -0.462 e. The zero-order chi connectivity index (χ0) is 41.1. The second-order valence-electron chi connectivity index (χ2n) is 17.0. The lowest BCUT2D eigenvalue weighted by atomic mass is 9.71. The number of aliphatic hydroxyl groups is 3. The molecule has 0 amide bonds. The molecule has 13 heteroatoms. The first-order valence-corrected chi connectivity index (χ1v) is 20.9. The van der Waals surface area contributed by atoms with E-state index in [0.717, 1.165) is 12.0 Å². The molecule has 0 aromatic heterocycles. The van der Waals surface area contributed by atoms with Gasteiger partial charge in [0.15, 0.2) is 12.1 Å². The predicted molar refractivity (Wildman–Crippen MR) is 209 cm³/mol. The Morgan fingerprint density at radius 2 is 1.84 bits per heavy atom. The van der Waals surface area contributed by atoms with Gasteiger partial charge in [0.2, 0.25) is 0 Å². The van der Waals surface area contributed by atoms with E-state index in [4.69, 9.17) is 47.7 Å². The molecule has 3 fully saturated rings. The molecule has 3 unspecified atom stereocenters. The highest BCUT2D eigenvalue weighted by Gasteiger charge is 2.60. The summed E-state index contributed by atoms with van der Waals surface area (Å²) < 4.78 is 56.4. The Kier molecular flexibility index (Phi) is 14.7. The lowest BCUT2D eigenvalue weighted by Crippen LogP contribution is -2.58. The van der Waals surface area contributed by atoms with Gasteiger partial charge in [-0.3, -0.25) is 4.79 Å². The second-order valence-corrected chi connectivity index (χ2v) is 17.0. The highest BCUT2D eigenvalue weighted by atomic mass is 16.7. The molecule has 13 nitrogen and oxygen atoms in total. The summed E-state index contributed by atoms with van der Waals surface area (Å²) in [6.45, 7) is 14.4. The fourth-order valence-corrected chi connectivity index (χ4v) is 9.35. The van der Waals surface area contributed by atoms with Gasteiger partial charge in [0.05, 0.1) is 50.3 Å². The van der Waals surface area contributed by atoms with Gasteiger partial charge < -0.3 is 58.0 Å². The largest absolute Gasteiger partial charge is 0.462 e. The van der Waals surface area contributed by atoms with Crippen molar-refractivity contribution < 1.29 is 62.7 Å². The Balaban J connectivity index is 1.33. The van der Waals surface area contributed by atoms with Crippen molar-refractivity contribution in [3.05, 3.63) is 59.3 Å². The molecule has 6 aliphatic rings. The van der Waals surface area contributed by atoms with Crippen molar-refractivity contribution in [2.75, 3.05) is 33.7 Å². The Bertz CT molecular complexity index is 1540. The van der Waals surface area contributed by atoms with Crippen LogP contribution < -0.4 is 0 Å². The highest BCUT2D eigenvalue weighted by Crippen LogP contribution is 2.47. The van der Waals surface area contributed by atoms with Crippen LogP contribution in [0.15, 0.2) is 59.3 Å². The third-order valence-corrected chi connectivity index (χ3v) is 12.8. The van der Waals surface area contributed by atoms with Crippen molar-refractivity contribution in [1.29, 1.82) is 0 Å². The molecule has 0 aromatic rings. The monoisotopic (exact) mass is 802 g/mol. The van der Waals surface area contributed by atoms with Crippen molar-refractivity contribution in [3.8, 4) is 0 Å². The van der Waals surface area contributed by atoms with Gasteiger partial charge in [0, 0.05) is 38.2 Å². The van der Waals surface area contributed by atoms with Crippen LogP contribution >= 0.6 is 0 Å². The molecule has 0 aromatic carbocycles. The summed E-state index contributed by atoms with van der Waals surface area (Å²) in [4.78, 5) is 14.3. The van der Waals surface area contributed by atoms with Crippen LogP contribution in [0.2, 0.25) is 0 Å². The minimum atomic E-state index is -1.82. The van der Waals surface area contributed by atoms with Gasteiger partial charge in [0.1, 0.15) is 42.7 Å². The van der Waals surface area contributed by atoms with Crippen molar-refractivity contribution in [1.82, 2.24) is 0 Å². The zero-order valence-corrected chi connectivity index (χ0v) is 34.9. The maximum Gasteiger partial charge on any atom is 0.316 e.